The predicted molar refractivity (Wildman–Crippen MR) is 68.5 cm³/mol. The maximum absolute atomic E-state index is 11.8. The molecule has 1 aromatic carbocycles. The van der Waals surface area contributed by atoms with Crippen molar-refractivity contribution >= 4 is 11.6 Å². The van der Waals surface area contributed by atoms with E-state index in [1.807, 2.05) is 0 Å². The minimum atomic E-state index is -0.217. The monoisotopic (exact) mass is 244 g/mol. The van der Waals surface area contributed by atoms with Crippen LogP contribution in [-0.2, 0) is 0 Å². The Bertz CT molecular complexity index is 493. The molecule has 4 nitrogen and oxygen atoms in total. The number of nitrogens with zero attached hydrogens (tertiary/aromatic N) is 1. The van der Waals surface area contributed by atoms with Gasteiger partial charge < -0.3 is 5.11 Å². The lowest BCUT2D eigenvalue weighted by atomic mass is 9.99. The van der Waals surface area contributed by atoms with E-state index in [2.05, 4.69) is 10.5 Å². The minimum absolute atomic E-state index is 0.158. The van der Waals surface area contributed by atoms with Crippen molar-refractivity contribution in [3.63, 3.8) is 0 Å². The van der Waals surface area contributed by atoms with Crippen LogP contribution in [0.2, 0.25) is 0 Å². The number of benzene rings is 1. The molecule has 0 spiro atoms. The van der Waals surface area contributed by atoms with Crippen molar-refractivity contribution in [3.05, 3.63) is 29.8 Å². The van der Waals surface area contributed by atoms with E-state index in [-0.39, 0.29) is 11.7 Å². The quantitative estimate of drug-likeness (QED) is 0.784. The van der Waals surface area contributed by atoms with Gasteiger partial charge in [0.15, 0.2) is 0 Å². The van der Waals surface area contributed by atoms with E-state index in [0.717, 1.165) is 18.1 Å². The molecule has 94 valence electrons. The van der Waals surface area contributed by atoms with Crippen LogP contribution in [0.5, 0.6) is 5.75 Å². The first-order valence-corrected chi connectivity index (χ1v) is 6.38. The molecule has 0 radical (unpaired) electrons. The van der Waals surface area contributed by atoms with Crippen molar-refractivity contribution in [3.8, 4) is 5.75 Å². The number of phenols is 1. The molecule has 18 heavy (non-hydrogen) atoms. The zero-order valence-electron chi connectivity index (χ0n) is 10.1. The van der Waals surface area contributed by atoms with Crippen LogP contribution < -0.4 is 5.43 Å². The van der Waals surface area contributed by atoms with Gasteiger partial charge in [0, 0.05) is 11.3 Å². The van der Waals surface area contributed by atoms with Crippen molar-refractivity contribution in [1.82, 2.24) is 5.43 Å². The number of aromatic hydroxyl groups is 1. The number of phenolic OH excluding ortho intramolecular Hbond substituents is 1. The van der Waals surface area contributed by atoms with Crippen molar-refractivity contribution in [1.29, 1.82) is 0 Å². The smallest absolute Gasteiger partial charge is 0.271 e. The summed E-state index contributed by atoms with van der Waals surface area (Å²) >= 11 is 0. The molecule has 0 aromatic heterocycles. The second kappa shape index (κ2) is 4.44. The second-order valence-corrected chi connectivity index (χ2v) is 5.17. The largest absolute Gasteiger partial charge is 0.508 e. The molecule has 0 unspecified atom stereocenters. The Labute approximate surface area is 106 Å². The zero-order valence-corrected chi connectivity index (χ0v) is 10.1. The molecule has 2 bridgehead atoms. The molecule has 2 saturated carbocycles. The van der Waals surface area contributed by atoms with Crippen LogP contribution in [0.15, 0.2) is 29.4 Å². The van der Waals surface area contributed by atoms with Crippen LogP contribution >= 0.6 is 0 Å². The Morgan fingerprint density at radius 3 is 2.67 bits per heavy atom. The lowest BCUT2D eigenvalue weighted by molar-refractivity contribution is 0.0954. The number of nitrogens with one attached hydrogen (secondary N) is 1. The molecule has 3 rings (SSSR count). The standard InChI is InChI=1S/C14H16N2O2/c17-12-5-3-10(4-6-12)14(18)16-15-13-8-9-1-2-11(13)7-9/h3-6,9,11,17H,1-2,7-8H2,(H,16,18)/b15-13-/t9-,11-/m1/s1. The first kappa shape index (κ1) is 11.3. The van der Waals surface area contributed by atoms with E-state index in [1.54, 1.807) is 12.1 Å². The van der Waals surface area contributed by atoms with E-state index in [1.165, 1.54) is 31.4 Å². The van der Waals surface area contributed by atoms with Gasteiger partial charge in [-0.1, -0.05) is 0 Å². The number of hydrogen-bond donors (Lipinski definition) is 2. The van der Waals surface area contributed by atoms with Gasteiger partial charge in [-0.25, -0.2) is 5.43 Å². The summed E-state index contributed by atoms with van der Waals surface area (Å²) in [5, 5.41) is 13.4. The van der Waals surface area contributed by atoms with Crippen LogP contribution in [0.1, 0.15) is 36.0 Å². The van der Waals surface area contributed by atoms with E-state index >= 15 is 0 Å². The molecule has 0 aliphatic heterocycles. The number of carbonyl (C=O) groups is 1. The Morgan fingerprint density at radius 2 is 2.06 bits per heavy atom. The molecule has 2 fully saturated rings. The van der Waals surface area contributed by atoms with Crippen molar-refractivity contribution < 1.29 is 9.90 Å². The van der Waals surface area contributed by atoms with Crippen LogP contribution in [-0.4, -0.2) is 16.7 Å². The summed E-state index contributed by atoms with van der Waals surface area (Å²) in [6, 6.07) is 6.18. The topological polar surface area (TPSA) is 61.7 Å². The number of fused-ring (bicyclic) bond motifs is 2. The molecule has 1 amide bonds. The van der Waals surface area contributed by atoms with Gasteiger partial charge >= 0.3 is 0 Å². The Balaban J connectivity index is 1.65. The first-order chi connectivity index (χ1) is 8.72. The van der Waals surface area contributed by atoms with Gasteiger partial charge in [0.2, 0.25) is 0 Å². The van der Waals surface area contributed by atoms with Gasteiger partial charge in [-0.2, -0.15) is 5.10 Å². The van der Waals surface area contributed by atoms with E-state index in [4.69, 9.17) is 5.11 Å². The molecule has 0 heterocycles. The molecule has 2 atom stereocenters. The normalized spacial score (nSPS) is 27.7. The molecule has 0 saturated heterocycles. The van der Waals surface area contributed by atoms with Crippen LogP contribution in [0.3, 0.4) is 0 Å². The van der Waals surface area contributed by atoms with Crippen LogP contribution in [0.4, 0.5) is 0 Å². The Morgan fingerprint density at radius 1 is 1.28 bits per heavy atom. The van der Waals surface area contributed by atoms with E-state index in [9.17, 15) is 4.79 Å². The molecule has 4 heteroatoms. The number of carbonyl (C=O) groups excluding carboxylic acids is 1. The van der Waals surface area contributed by atoms with Crippen molar-refractivity contribution in [2.75, 3.05) is 0 Å². The maximum Gasteiger partial charge on any atom is 0.271 e. The highest BCUT2D eigenvalue weighted by Gasteiger charge is 2.36. The number of hydrazone groups is 1. The number of hydrogen-bond acceptors (Lipinski definition) is 3. The summed E-state index contributed by atoms with van der Waals surface area (Å²) < 4.78 is 0. The fraction of sp³-hybridized carbons (Fsp3) is 0.429. The molecular formula is C14H16N2O2. The first-order valence-electron chi connectivity index (χ1n) is 6.38. The van der Waals surface area contributed by atoms with Gasteiger partial charge in [-0.3, -0.25) is 4.79 Å². The summed E-state index contributed by atoms with van der Waals surface area (Å²) in [5.74, 6) is 1.32. The Kier molecular flexibility index (Phi) is 2.78. The number of rotatable bonds is 2. The predicted octanol–water partition coefficient (Wildman–Crippen LogP) is 2.30. The highest BCUT2D eigenvalue weighted by atomic mass is 16.3. The molecule has 2 N–H and O–H groups in total. The molecule has 2 aliphatic carbocycles. The van der Waals surface area contributed by atoms with Gasteiger partial charge in [0.1, 0.15) is 5.75 Å². The van der Waals surface area contributed by atoms with Gasteiger partial charge in [0.25, 0.3) is 5.91 Å². The third-order valence-electron chi connectivity index (χ3n) is 3.94. The van der Waals surface area contributed by atoms with Gasteiger partial charge in [0.05, 0.1) is 0 Å². The second-order valence-electron chi connectivity index (χ2n) is 5.17. The SMILES string of the molecule is O=C(N/N=C1/C[C@@H]2CC[C@@H]1C2)c1ccc(O)cc1. The van der Waals surface area contributed by atoms with E-state index in [0.29, 0.717) is 11.5 Å². The lowest BCUT2D eigenvalue weighted by Gasteiger charge is -2.11. The fourth-order valence-corrected chi connectivity index (χ4v) is 2.96. The summed E-state index contributed by atoms with van der Waals surface area (Å²) in [4.78, 5) is 11.8. The average Bonchev–Trinajstić information content (AvgIpc) is 2.99. The summed E-state index contributed by atoms with van der Waals surface area (Å²) in [7, 11) is 0. The van der Waals surface area contributed by atoms with Crippen molar-refractivity contribution in [2.45, 2.75) is 25.7 Å². The highest BCUT2D eigenvalue weighted by molar-refractivity contribution is 5.96. The van der Waals surface area contributed by atoms with Gasteiger partial charge in [-0.05, 0) is 61.8 Å². The highest BCUT2D eigenvalue weighted by Crippen LogP contribution is 2.42. The summed E-state index contributed by atoms with van der Waals surface area (Å²) in [6.07, 6.45) is 4.82. The maximum atomic E-state index is 11.8. The molecule has 1 aromatic rings. The Hall–Kier alpha value is -1.84. The zero-order chi connectivity index (χ0) is 12.5. The third kappa shape index (κ3) is 2.10. The summed E-state index contributed by atoms with van der Waals surface area (Å²) in [6.45, 7) is 0. The average molecular weight is 244 g/mol. The van der Waals surface area contributed by atoms with Gasteiger partial charge in [-0.15, -0.1) is 0 Å². The number of amides is 1. The van der Waals surface area contributed by atoms with Crippen molar-refractivity contribution in [2.24, 2.45) is 16.9 Å². The molecular weight excluding hydrogens is 228 g/mol. The minimum Gasteiger partial charge on any atom is -0.508 e. The van der Waals surface area contributed by atoms with E-state index < -0.39 is 0 Å². The third-order valence-corrected chi connectivity index (χ3v) is 3.94. The fourth-order valence-electron chi connectivity index (χ4n) is 2.96. The summed E-state index contributed by atoms with van der Waals surface area (Å²) in [5.41, 5.74) is 4.28. The van der Waals surface area contributed by atoms with Crippen LogP contribution in [0, 0.1) is 11.8 Å². The van der Waals surface area contributed by atoms with Crippen LogP contribution in [0.25, 0.3) is 0 Å². The molecule has 2 aliphatic rings. The lowest BCUT2D eigenvalue weighted by Crippen LogP contribution is -2.21.